The summed E-state index contributed by atoms with van der Waals surface area (Å²) in [5.74, 6) is 0.344. The fraction of sp³-hybridized carbons (Fsp3) is 0.261. The van der Waals surface area contributed by atoms with E-state index in [-0.39, 0.29) is 5.91 Å². The van der Waals surface area contributed by atoms with E-state index >= 15 is 0 Å². The van der Waals surface area contributed by atoms with Gasteiger partial charge in [0.05, 0.1) is 0 Å². The topological polar surface area (TPSA) is 55.8 Å². The lowest BCUT2D eigenvalue weighted by atomic mass is 10.1. The number of hydrogen-bond donors (Lipinski definition) is 2. The van der Waals surface area contributed by atoms with Crippen molar-refractivity contribution in [2.24, 2.45) is 0 Å². The molecule has 0 spiro atoms. The van der Waals surface area contributed by atoms with E-state index in [9.17, 15) is 9.90 Å². The number of nitrogens with zero attached hydrogens (tertiary/aromatic N) is 2. The van der Waals surface area contributed by atoms with E-state index in [1.807, 2.05) is 42.5 Å². The highest BCUT2D eigenvalue weighted by atomic mass is 16.3. The molecule has 0 aliphatic carbocycles. The van der Waals surface area contributed by atoms with E-state index in [0.29, 0.717) is 12.2 Å². The fourth-order valence-corrected chi connectivity index (χ4v) is 3.70. The molecule has 1 aliphatic rings. The van der Waals surface area contributed by atoms with Crippen molar-refractivity contribution >= 4 is 28.1 Å². The molecule has 3 aromatic rings. The average Bonchev–Trinajstić information content (AvgIpc) is 2.74. The van der Waals surface area contributed by atoms with Gasteiger partial charge in [-0.15, -0.1) is 0 Å². The molecule has 0 unspecified atom stereocenters. The zero-order valence-corrected chi connectivity index (χ0v) is 15.8. The average molecular weight is 375 g/mol. The van der Waals surface area contributed by atoms with Gasteiger partial charge in [0.15, 0.2) is 0 Å². The van der Waals surface area contributed by atoms with Crippen molar-refractivity contribution in [2.45, 2.75) is 6.42 Å². The largest absolute Gasteiger partial charge is 0.508 e. The molecule has 0 aromatic heterocycles. The summed E-state index contributed by atoms with van der Waals surface area (Å²) in [4.78, 5) is 17.1. The SMILES string of the molecule is O=C(CCN1CCN(c2ccc(O)cc2)CC1)Nc1cccc2ccccc12. The molecule has 5 heteroatoms. The number of aromatic hydroxyl groups is 1. The quantitative estimate of drug-likeness (QED) is 0.714. The van der Waals surface area contributed by atoms with Gasteiger partial charge in [-0.3, -0.25) is 9.69 Å². The zero-order valence-electron chi connectivity index (χ0n) is 15.8. The molecule has 1 fully saturated rings. The third-order valence-corrected chi connectivity index (χ3v) is 5.31. The number of anilines is 2. The summed E-state index contributed by atoms with van der Waals surface area (Å²) in [6.07, 6.45) is 0.489. The number of nitrogens with one attached hydrogen (secondary N) is 1. The van der Waals surface area contributed by atoms with Crippen molar-refractivity contribution < 1.29 is 9.90 Å². The van der Waals surface area contributed by atoms with Crippen molar-refractivity contribution in [3.05, 3.63) is 66.7 Å². The minimum Gasteiger partial charge on any atom is -0.508 e. The first kappa shape index (κ1) is 18.3. The lowest BCUT2D eigenvalue weighted by Gasteiger charge is -2.36. The molecule has 1 heterocycles. The van der Waals surface area contributed by atoms with E-state index < -0.39 is 0 Å². The molecule has 2 N–H and O–H groups in total. The summed E-state index contributed by atoms with van der Waals surface area (Å²) in [6, 6.07) is 21.4. The maximum absolute atomic E-state index is 12.4. The summed E-state index contributed by atoms with van der Waals surface area (Å²) in [5, 5.41) is 14.7. The normalized spacial score (nSPS) is 14.9. The smallest absolute Gasteiger partial charge is 0.225 e. The first-order chi connectivity index (χ1) is 13.7. The van der Waals surface area contributed by atoms with Gasteiger partial charge in [-0.05, 0) is 35.7 Å². The Kier molecular flexibility index (Phi) is 5.44. The molecular weight excluding hydrogens is 350 g/mol. The van der Waals surface area contributed by atoms with Gasteiger partial charge in [-0.1, -0.05) is 36.4 Å². The van der Waals surface area contributed by atoms with Crippen molar-refractivity contribution in [1.29, 1.82) is 0 Å². The number of carbonyl (C=O) groups is 1. The molecule has 1 amide bonds. The van der Waals surface area contributed by atoms with Gasteiger partial charge in [-0.2, -0.15) is 0 Å². The van der Waals surface area contributed by atoms with E-state index in [0.717, 1.165) is 54.9 Å². The Hall–Kier alpha value is -3.05. The van der Waals surface area contributed by atoms with Gasteiger partial charge < -0.3 is 15.3 Å². The molecule has 0 radical (unpaired) electrons. The van der Waals surface area contributed by atoms with Gasteiger partial charge in [0.25, 0.3) is 0 Å². The molecule has 1 aliphatic heterocycles. The standard InChI is InChI=1S/C23H25N3O2/c27-20-10-8-19(9-11-20)26-16-14-25(15-17-26)13-12-23(28)24-22-7-3-5-18-4-1-2-6-21(18)22/h1-11,27H,12-17H2,(H,24,28). The lowest BCUT2D eigenvalue weighted by Crippen LogP contribution is -2.47. The molecule has 1 saturated heterocycles. The van der Waals surface area contributed by atoms with Crippen LogP contribution in [0.2, 0.25) is 0 Å². The Morgan fingerprint density at radius 2 is 1.61 bits per heavy atom. The molecule has 4 rings (SSSR count). The molecular formula is C23H25N3O2. The fourth-order valence-electron chi connectivity index (χ4n) is 3.70. The second-order valence-corrected chi connectivity index (χ2v) is 7.17. The van der Waals surface area contributed by atoms with Crippen LogP contribution < -0.4 is 10.2 Å². The third-order valence-electron chi connectivity index (χ3n) is 5.31. The highest BCUT2D eigenvalue weighted by Gasteiger charge is 2.18. The van der Waals surface area contributed by atoms with Gasteiger partial charge in [0.2, 0.25) is 5.91 Å². The maximum Gasteiger partial charge on any atom is 0.225 e. The van der Waals surface area contributed by atoms with Crippen LogP contribution in [0.1, 0.15) is 6.42 Å². The van der Waals surface area contributed by atoms with Crippen molar-refractivity contribution in [2.75, 3.05) is 42.9 Å². The van der Waals surface area contributed by atoms with E-state index in [1.54, 1.807) is 12.1 Å². The van der Waals surface area contributed by atoms with Crippen LogP contribution in [0.25, 0.3) is 10.8 Å². The molecule has 3 aromatic carbocycles. The van der Waals surface area contributed by atoms with Crippen LogP contribution in [0.15, 0.2) is 66.7 Å². The molecule has 5 nitrogen and oxygen atoms in total. The lowest BCUT2D eigenvalue weighted by molar-refractivity contribution is -0.116. The zero-order chi connectivity index (χ0) is 19.3. The first-order valence-electron chi connectivity index (χ1n) is 9.73. The van der Waals surface area contributed by atoms with Gasteiger partial charge in [0.1, 0.15) is 5.75 Å². The van der Waals surface area contributed by atoms with Crippen LogP contribution in [0.4, 0.5) is 11.4 Å². The number of hydrogen-bond acceptors (Lipinski definition) is 4. The molecule has 0 atom stereocenters. The monoisotopic (exact) mass is 375 g/mol. The number of rotatable bonds is 5. The summed E-state index contributed by atoms with van der Waals surface area (Å²) in [5.41, 5.74) is 2.01. The van der Waals surface area contributed by atoms with Crippen LogP contribution in [-0.4, -0.2) is 48.6 Å². The highest BCUT2D eigenvalue weighted by molar-refractivity contribution is 6.02. The molecule has 0 bridgehead atoms. The van der Waals surface area contributed by atoms with Crippen LogP contribution in [0.5, 0.6) is 5.75 Å². The summed E-state index contributed by atoms with van der Waals surface area (Å²) < 4.78 is 0. The predicted molar refractivity (Wildman–Crippen MR) is 114 cm³/mol. The second-order valence-electron chi connectivity index (χ2n) is 7.17. The van der Waals surface area contributed by atoms with Crippen LogP contribution in [0, 0.1) is 0 Å². The van der Waals surface area contributed by atoms with E-state index in [2.05, 4.69) is 27.2 Å². The number of benzene rings is 3. The number of amides is 1. The molecule has 28 heavy (non-hydrogen) atoms. The predicted octanol–water partition coefficient (Wildman–Crippen LogP) is 3.70. The van der Waals surface area contributed by atoms with Crippen LogP contribution in [-0.2, 0) is 4.79 Å². The van der Waals surface area contributed by atoms with Crippen molar-refractivity contribution in [1.82, 2.24) is 4.90 Å². The van der Waals surface area contributed by atoms with Gasteiger partial charge in [-0.25, -0.2) is 0 Å². The van der Waals surface area contributed by atoms with Gasteiger partial charge in [0, 0.05) is 55.9 Å². The number of fused-ring (bicyclic) bond motifs is 1. The van der Waals surface area contributed by atoms with Crippen LogP contribution in [0.3, 0.4) is 0 Å². The van der Waals surface area contributed by atoms with E-state index in [4.69, 9.17) is 0 Å². The minimum absolute atomic E-state index is 0.0531. The summed E-state index contributed by atoms with van der Waals surface area (Å²) in [7, 11) is 0. The summed E-state index contributed by atoms with van der Waals surface area (Å²) in [6.45, 7) is 4.48. The highest BCUT2D eigenvalue weighted by Crippen LogP contribution is 2.23. The Morgan fingerprint density at radius 1 is 0.893 bits per heavy atom. The maximum atomic E-state index is 12.4. The number of piperazine rings is 1. The third kappa shape index (κ3) is 4.26. The Bertz CT molecular complexity index is 942. The van der Waals surface area contributed by atoms with Gasteiger partial charge >= 0.3 is 0 Å². The second kappa shape index (κ2) is 8.31. The van der Waals surface area contributed by atoms with Crippen LogP contribution >= 0.6 is 0 Å². The Labute approximate surface area is 165 Å². The van der Waals surface area contributed by atoms with Crippen molar-refractivity contribution in [3.63, 3.8) is 0 Å². The number of phenols is 1. The van der Waals surface area contributed by atoms with E-state index in [1.165, 1.54) is 0 Å². The Balaban J connectivity index is 1.27. The molecule has 144 valence electrons. The van der Waals surface area contributed by atoms with Crippen molar-refractivity contribution in [3.8, 4) is 5.75 Å². The number of phenolic OH excluding ortho intramolecular Hbond substituents is 1. The first-order valence-corrected chi connectivity index (χ1v) is 9.73. The number of carbonyl (C=O) groups excluding carboxylic acids is 1. The Morgan fingerprint density at radius 3 is 2.39 bits per heavy atom. The minimum atomic E-state index is 0.0531. The summed E-state index contributed by atoms with van der Waals surface area (Å²) >= 11 is 0. The molecule has 0 saturated carbocycles.